The molecule has 3 rings (SSSR count). The summed E-state index contributed by atoms with van der Waals surface area (Å²) >= 11 is 1.41. The van der Waals surface area contributed by atoms with Gasteiger partial charge in [0.2, 0.25) is 0 Å². The highest BCUT2D eigenvalue weighted by Gasteiger charge is 2.10. The summed E-state index contributed by atoms with van der Waals surface area (Å²) in [6.45, 7) is 0.283. The number of aromatic nitrogens is 4. The number of hydrogen-bond acceptors (Lipinski definition) is 6. The zero-order valence-electron chi connectivity index (χ0n) is 11.7. The van der Waals surface area contributed by atoms with E-state index in [1.165, 1.54) is 27.8 Å². The Morgan fingerprint density at radius 3 is 2.64 bits per heavy atom. The van der Waals surface area contributed by atoms with E-state index < -0.39 is 5.97 Å². The zero-order chi connectivity index (χ0) is 15.5. The molecule has 0 saturated carbocycles. The van der Waals surface area contributed by atoms with E-state index in [0.29, 0.717) is 5.56 Å². The quantitative estimate of drug-likeness (QED) is 0.678. The zero-order valence-corrected chi connectivity index (χ0v) is 12.5. The van der Waals surface area contributed by atoms with Crippen LogP contribution in [0.15, 0.2) is 46.6 Å². The molecule has 8 heteroatoms. The molecule has 7 nitrogen and oxygen atoms in total. The number of thiophene rings is 1. The van der Waals surface area contributed by atoms with E-state index >= 15 is 0 Å². The summed E-state index contributed by atoms with van der Waals surface area (Å²) in [5.74, 6) is -0.396. The molecule has 0 aliphatic carbocycles. The predicted molar refractivity (Wildman–Crippen MR) is 80.4 cm³/mol. The van der Waals surface area contributed by atoms with E-state index in [4.69, 9.17) is 0 Å². The van der Waals surface area contributed by atoms with Crippen LogP contribution >= 0.6 is 11.3 Å². The summed E-state index contributed by atoms with van der Waals surface area (Å²) < 4.78 is 7.17. The van der Waals surface area contributed by atoms with E-state index in [9.17, 15) is 9.59 Å². The maximum atomic E-state index is 12.2. The first-order valence-electron chi connectivity index (χ1n) is 6.43. The summed E-state index contributed by atoms with van der Waals surface area (Å²) in [4.78, 5) is 23.6. The van der Waals surface area contributed by atoms with Crippen molar-refractivity contribution < 1.29 is 9.53 Å². The van der Waals surface area contributed by atoms with E-state index in [1.807, 2.05) is 11.4 Å². The van der Waals surface area contributed by atoms with Crippen LogP contribution in [0.1, 0.15) is 15.9 Å². The third-order valence-electron chi connectivity index (χ3n) is 3.06. The normalized spacial score (nSPS) is 10.6. The average molecular weight is 316 g/mol. The lowest BCUT2D eigenvalue weighted by Gasteiger charge is -2.02. The van der Waals surface area contributed by atoms with Gasteiger partial charge < -0.3 is 4.74 Å². The van der Waals surface area contributed by atoms with Crippen molar-refractivity contribution >= 4 is 17.3 Å². The minimum atomic E-state index is -0.396. The molecule has 2 heterocycles. The Balaban J connectivity index is 1.82. The Labute approximate surface area is 129 Å². The Bertz CT molecular complexity index is 834. The standard InChI is InChI=1S/C14H12N4O3S/c1-21-13(19)11-6-4-10(5-7-11)9-17-14(20)18(16-15-17)12-3-2-8-22-12/h2-8H,9H2,1H3. The van der Waals surface area contributed by atoms with Gasteiger partial charge in [0.15, 0.2) is 0 Å². The van der Waals surface area contributed by atoms with Gasteiger partial charge in [0.05, 0.1) is 19.2 Å². The molecule has 112 valence electrons. The summed E-state index contributed by atoms with van der Waals surface area (Å²) in [6.07, 6.45) is 0. The van der Waals surface area contributed by atoms with Crippen LogP contribution < -0.4 is 5.69 Å². The topological polar surface area (TPSA) is 79.0 Å². The van der Waals surface area contributed by atoms with Gasteiger partial charge in [-0.1, -0.05) is 12.1 Å². The van der Waals surface area contributed by atoms with E-state index in [2.05, 4.69) is 15.2 Å². The summed E-state index contributed by atoms with van der Waals surface area (Å²) in [5.41, 5.74) is 0.994. The second-order valence-electron chi connectivity index (χ2n) is 4.47. The Hall–Kier alpha value is -2.74. The van der Waals surface area contributed by atoms with E-state index in [0.717, 1.165) is 10.6 Å². The lowest BCUT2D eigenvalue weighted by molar-refractivity contribution is 0.0600. The number of tetrazole rings is 1. The van der Waals surface area contributed by atoms with Crippen LogP contribution in [0.5, 0.6) is 0 Å². The fraction of sp³-hybridized carbons (Fsp3) is 0.143. The fourth-order valence-corrected chi connectivity index (χ4v) is 2.61. The maximum Gasteiger partial charge on any atom is 0.369 e. The van der Waals surface area contributed by atoms with Crippen molar-refractivity contribution in [3.8, 4) is 5.00 Å². The highest BCUT2D eigenvalue weighted by molar-refractivity contribution is 7.12. The predicted octanol–water partition coefficient (Wildman–Crippen LogP) is 1.33. The molecule has 0 spiro atoms. The van der Waals surface area contributed by atoms with Crippen LogP contribution in [0.3, 0.4) is 0 Å². The van der Waals surface area contributed by atoms with Crippen molar-refractivity contribution in [2.24, 2.45) is 0 Å². The molecule has 0 bridgehead atoms. The fourth-order valence-electron chi connectivity index (χ4n) is 1.94. The molecular formula is C14H12N4O3S. The SMILES string of the molecule is COC(=O)c1ccc(Cn2nnn(-c3cccs3)c2=O)cc1. The third-order valence-corrected chi connectivity index (χ3v) is 3.91. The molecular weight excluding hydrogens is 304 g/mol. The molecule has 0 fully saturated rings. The van der Waals surface area contributed by atoms with Gasteiger partial charge in [0.25, 0.3) is 0 Å². The molecule has 0 amide bonds. The number of methoxy groups -OCH3 is 1. The molecule has 0 radical (unpaired) electrons. The van der Waals surface area contributed by atoms with Gasteiger partial charge in [-0.05, 0) is 45.6 Å². The number of esters is 1. The van der Waals surface area contributed by atoms with Crippen LogP contribution in [0.25, 0.3) is 5.00 Å². The molecule has 0 aliphatic heterocycles. The van der Waals surface area contributed by atoms with Crippen molar-refractivity contribution in [1.29, 1.82) is 0 Å². The molecule has 3 aromatic rings. The second kappa shape index (κ2) is 5.94. The first-order chi connectivity index (χ1) is 10.7. The highest BCUT2D eigenvalue weighted by atomic mass is 32.1. The van der Waals surface area contributed by atoms with Crippen LogP contribution in [0.4, 0.5) is 0 Å². The van der Waals surface area contributed by atoms with E-state index in [-0.39, 0.29) is 12.2 Å². The van der Waals surface area contributed by atoms with Gasteiger partial charge in [-0.2, -0.15) is 9.36 Å². The minimum Gasteiger partial charge on any atom is -0.465 e. The summed E-state index contributed by atoms with van der Waals surface area (Å²) in [5, 5.41) is 10.3. The molecule has 0 unspecified atom stereocenters. The van der Waals surface area contributed by atoms with Crippen molar-refractivity contribution in [2.75, 3.05) is 7.11 Å². The van der Waals surface area contributed by atoms with E-state index in [1.54, 1.807) is 30.3 Å². The van der Waals surface area contributed by atoms with Gasteiger partial charge in [-0.25, -0.2) is 9.59 Å². The first-order valence-corrected chi connectivity index (χ1v) is 7.31. The monoisotopic (exact) mass is 316 g/mol. The van der Waals surface area contributed by atoms with Crippen LogP contribution in [0.2, 0.25) is 0 Å². The second-order valence-corrected chi connectivity index (χ2v) is 5.40. The summed E-state index contributed by atoms with van der Waals surface area (Å²) in [7, 11) is 1.33. The molecule has 0 aliphatic rings. The van der Waals surface area contributed by atoms with Gasteiger partial charge >= 0.3 is 11.7 Å². The number of carbonyl (C=O) groups is 1. The smallest absolute Gasteiger partial charge is 0.369 e. The number of hydrogen-bond donors (Lipinski definition) is 0. The van der Waals surface area contributed by atoms with Crippen molar-refractivity contribution in [2.45, 2.75) is 6.54 Å². The van der Waals surface area contributed by atoms with Gasteiger partial charge in [0, 0.05) is 0 Å². The largest absolute Gasteiger partial charge is 0.465 e. The Morgan fingerprint density at radius 2 is 2.00 bits per heavy atom. The molecule has 22 heavy (non-hydrogen) atoms. The maximum absolute atomic E-state index is 12.2. The van der Waals surface area contributed by atoms with Gasteiger partial charge in [0.1, 0.15) is 5.00 Å². The molecule has 0 N–H and O–H groups in total. The van der Waals surface area contributed by atoms with Crippen molar-refractivity contribution in [3.05, 3.63) is 63.4 Å². The minimum absolute atomic E-state index is 0.283. The van der Waals surface area contributed by atoms with Gasteiger partial charge in [-0.15, -0.1) is 11.3 Å². The first kappa shape index (κ1) is 14.2. The lowest BCUT2D eigenvalue weighted by atomic mass is 10.1. The van der Waals surface area contributed by atoms with Crippen LogP contribution in [-0.4, -0.2) is 32.9 Å². The Kier molecular flexibility index (Phi) is 3.84. The third kappa shape index (κ3) is 2.68. The van der Waals surface area contributed by atoms with Crippen molar-refractivity contribution in [3.63, 3.8) is 0 Å². The molecule has 0 atom stereocenters. The summed E-state index contributed by atoms with van der Waals surface area (Å²) in [6, 6.07) is 10.4. The highest BCUT2D eigenvalue weighted by Crippen LogP contribution is 2.11. The van der Waals surface area contributed by atoms with Crippen LogP contribution in [0, 0.1) is 0 Å². The lowest BCUT2D eigenvalue weighted by Crippen LogP contribution is -2.24. The van der Waals surface area contributed by atoms with Crippen LogP contribution in [-0.2, 0) is 11.3 Å². The number of rotatable bonds is 4. The number of benzene rings is 1. The number of nitrogens with zero attached hydrogens (tertiary/aromatic N) is 4. The number of carbonyl (C=O) groups excluding carboxylic acids is 1. The molecule has 1 aromatic carbocycles. The Morgan fingerprint density at radius 1 is 1.23 bits per heavy atom. The molecule has 2 aromatic heterocycles. The average Bonchev–Trinajstić information content (AvgIpc) is 3.18. The van der Waals surface area contributed by atoms with Gasteiger partial charge in [-0.3, -0.25) is 0 Å². The molecule has 0 saturated heterocycles. The number of ether oxygens (including phenoxy) is 1. The van der Waals surface area contributed by atoms with Crippen molar-refractivity contribution in [1.82, 2.24) is 19.8 Å².